The number of hydrogen-bond acceptors (Lipinski definition) is 4. The summed E-state index contributed by atoms with van der Waals surface area (Å²) in [6.07, 6.45) is 0.336. The Morgan fingerprint density at radius 2 is 2.05 bits per heavy atom. The summed E-state index contributed by atoms with van der Waals surface area (Å²) in [4.78, 5) is 48.7. The fourth-order valence-electron chi connectivity index (χ4n) is 2.49. The highest BCUT2D eigenvalue weighted by atomic mass is 16.4. The zero-order valence-electron chi connectivity index (χ0n) is 10.8. The molecule has 8 heteroatoms. The second-order valence-corrected chi connectivity index (χ2v) is 4.80. The molecular weight excluding hydrogens is 278 g/mol. The van der Waals surface area contributed by atoms with Crippen LogP contribution >= 0.6 is 0 Å². The number of aromatic nitrogens is 2. The Bertz CT molecular complexity index is 832. The van der Waals surface area contributed by atoms with Crippen molar-refractivity contribution in [2.45, 2.75) is 18.9 Å². The van der Waals surface area contributed by atoms with Crippen molar-refractivity contribution in [3.63, 3.8) is 0 Å². The highest BCUT2D eigenvalue weighted by Gasteiger charge is 2.30. The van der Waals surface area contributed by atoms with Gasteiger partial charge in [-0.3, -0.25) is 19.5 Å². The number of carboxylic acid groups (broad SMARTS) is 1. The molecule has 1 aromatic carbocycles. The Morgan fingerprint density at radius 1 is 1.29 bits per heavy atom. The lowest BCUT2D eigenvalue weighted by Gasteiger charge is -2.21. The molecule has 2 aromatic rings. The molecule has 1 fully saturated rings. The smallest absolute Gasteiger partial charge is 0.335 e. The fraction of sp³-hybridized carbons (Fsp3) is 0.231. The number of carboxylic acids is 1. The summed E-state index contributed by atoms with van der Waals surface area (Å²) in [5, 5.41) is 11.2. The maximum absolute atomic E-state index is 12.0. The molecule has 2 amide bonds. The standard InChI is InChI=1S/C13H11N3O5/c17-10-4-3-8(11(18)15-10)16-9-5-6(12(19)20)1-2-7(9)14-13(16)21/h1-2,5,8H,3-4H2,(H,14,21)(H,19,20)(H,15,17,18). The number of benzene rings is 1. The van der Waals surface area contributed by atoms with Gasteiger partial charge in [0.05, 0.1) is 16.6 Å². The molecule has 1 aliphatic rings. The van der Waals surface area contributed by atoms with Crippen molar-refractivity contribution in [2.75, 3.05) is 0 Å². The number of nitrogens with one attached hydrogen (secondary N) is 2. The van der Waals surface area contributed by atoms with Crippen LogP contribution in [-0.4, -0.2) is 32.4 Å². The minimum absolute atomic E-state index is 0.0162. The molecule has 1 aliphatic heterocycles. The van der Waals surface area contributed by atoms with E-state index < -0.39 is 23.6 Å². The monoisotopic (exact) mass is 289 g/mol. The average molecular weight is 289 g/mol. The highest BCUT2D eigenvalue weighted by Crippen LogP contribution is 2.22. The summed E-state index contributed by atoms with van der Waals surface area (Å²) >= 11 is 0. The van der Waals surface area contributed by atoms with E-state index in [1.54, 1.807) is 0 Å². The molecule has 21 heavy (non-hydrogen) atoms. The minimum atomic E-state index is -1.12. The number of fused-ring (bicyclic) bond motifs is 1. The van der Waals surface area contributed by atoms with E-state index in [1.165, 1.54) is 22.8 Å². The lowest BCUT2D eigenvalue weighted by Crippen LogP contribution is -2.43. The first-order valence-corrected chi connectivity index (χ1v) is 6.28. The van der Waals surface area contributed by atoms with Crippen LogP contribution in [0.2, 0.25) is 0 Å². The van der Waals surface area contributed by atoms with Gasteiger partial charge in [0.15, 0.2) is 0 Å². The van der Waals surface area contributed by atoms with Crippen molar-refractivity contribution in [1.82, 2.24) is 14.9 Å². The molecule has 1 saturated heterocycles. The Labute approximate surface area is 117 Å². The van der Waals surface area contributed by atoms with Gasteiger partial charge in [-0.2, -0.15) is 0 Å². The summed E-state index contributed by atoms with van der Waals surface area (Å²) in [7, 11) is 0. The quantitative estimate of drug-likeness (QED) is 0.672. The van der Waals surface area contributed by atoms with Crippen molar-refractivity contribution < 1.29 is 19.5 Å². The number of imide groups is 1. The molecule has 0 radical (unpaired) electrons. The maximum atomic E-state index is 12.0. The second kappa shape index (κ2) is 4.58. The Hall–Kier alpha value is -2.90. The Kier molecular flexibility index (Phi) is 2.86. The third-order valence-corrected chi connectivity index (χ3v) is 3.49. The number of carbonyl (C=O) groups excluding carboxylic acids is 2. The first kappa shape index (κ1) is 13.1. The van der Waals surface area contributed by atoms with Crippen LogP contribution < -0.4 is 11.0 Å². The average Bonchev–Trinajstić information content (AvgIpc) is 2.74. The summed E-state index contributed by atoms with van der Waals surface area (Å²) in [5.41, 5.74) is 0.272. The van der Waals surface area contributed by atoms with Gasteiger partial charge in [-0.15, -0.1) is 0 Å². The van der Waals surface area contributed by atoms with E-state index in [-0.39, 0.29) is 24.3 Å². The molecule has 108 valence electrons. The molecule has 0 bridgehead atoms. The van der Waals surface area contributed by atoms with Gasteiger partial charge in [0, 0.05) is 6.42 Å². The SMILES string of the molecule is O=C1CCC(n2c(=O)[nH]c3ccc(C(=O)O)cc32)C(=O)N1. The van der Waals surface area contributed by atoms with Crippen molar-refractivity contribution in [3.8, 4) is 0 Å². The largest absolute Gasteiger partial charge is 0.478 e. The highest BCUT2D eigenvalue weighted by molar-refractivity contribution is 6.00. The Morgan fingerprint density at radius 3 is 2.71 bits per heavy atom. The first-order chi connectivity index (χ1) is 9.97. The molecule has 1 atom stereocenters. The van der Waals surface area contributed by atoms with E-state index in [1.807, 2.05) is 0 Å². The molecular formula is C13H11N3O5. The zero-order chi connectivity index (χ0) is 15.1. The van der Waals surface area contributed by atoms with Gasteiger partial charge in [-0.05, 0) is 24.6 Å². The lowest BCUT2D eigenvalue weighted by molar-refractivity contribution is -0.135. The van der Waals surface area contributed by atoms with Crippen molar-refractivity contribution in [1.29, 1.82) is 0 Å². The van der Waals surface area contributed by atoms with Crippen LogP contribution in [0.3, 0.4) is 0 Å². The molecule has 8 nitrogen and oxygen atoms in total. The number of piperidine rings is 1. The van der Waals surface area contributed by atoms with E-state index in [4.69, 9.17) is 5.11 Å². The van der Waals surface area contributed by atoms with Crippen molar-refractivity contribution in [3.05, 3.63) is 34.2 Å². The summed E-state index contributed by atoms with van der Waals surface area (Å²) in [5.74, 6) is -2.06. The van der Waals surface area contributed by atoms with Gasteiger partial charge in [-0.25, -0.2) is 9.59 Å². The Balaban J connectivity index is 2.17. The van der Waals surface area contributed by atoms with E-state index in [2.05, 4.69) is 10.3 Å². The van der Waals surface area contributed by atoms with Crippen LogP contribution in [0.4, 0.5) is 0 Å². The third-order valence-electron chi connectivity index (χ3n) is 3.49. The van der Waals surface area contributed by atoms with E-state index >= 15 is 0 Å². The predicted octanol–water partition coefficient (Wildman–Crippen LogP) is 0.00550. The summed E-state index contributed by atoms with van der Waals surface area (Å²) in [6, 6.07) is 3.35. The lowest BCUT2D eigenvalue weighted by atomic mass is 10.1. The molecule has 3 rings (SSSR count). The molecule has 0 spiro atoms. The summed E-state index contributed by atoms with van der Waals surface area (Å²) < 4.78 is 1.20. The number of aromatic amines is 1. The van der Waals surface area contributed by atoms with Crippen LogP contribution in [0, 0.1) is 0 Å². The van der Waals surface area contributed by atoms with Crippen LogP contribution in [0.1, 0.15) is 29.2 Å². The number of hydrogen-bond donors (Lipinski definition) is 3. The van der Waals surface area contributed by atoms with Gasteiger partial charge >= 0.3 is 11.7 Å². The van der Waals surface area contributed by atoms with Crippen molar-refractivity contribution >= 4 is 28.8 Å². The zero-order valence-corrected chi connectivity index (χ0v) is 10.8. The number of rotatable bonds is 2. The normalized spacial score (nSPS) is 18.8. The van der Waals surface area contributed by atoms with Crippen LogP contribution in [0.25, 0.3) is 11.0 Å². The van der Waals surface area contributed by atoms with E-state index in [9.17, 15) is 19.2 Å². The molecule has 0 aliphatic carbocycles. The number of amides is 2. The molecule has 0 saturated carbocycles. The molecule has 2 heterocycles. The number of imidazole rings is 1. The number of H-pyrrole nitrogens is 1. The second-order valence-electron chi connectivity index (χ2n) is 4.80. The number of carbonyl (C=O) groups is 3. The van der Waals surface area contributed by atoms with Crippen LogP contribution in [-0.2, 0) is 9.59 Å². The third kappa shape index (κ3) is 2.10. The van der Waals surface area contributed by atoms with Gasteiger partial charge < -0.3 is 10.1 Å². The van der Waals surface area contributed by atoms with Gasteiger partial charge in [0.1, 0.15) is 6.04 Å². The molecule has 1 aromatic heterocycles. The van der Waals surface area contributed by atoms with E-state index in [0.29, 0.717) is 11.0 Å². The topological polar surface area (TPSA) is 121 Å². The first-order valence-electron chi connectivity index (χ1n) is 6.28. The van der Waals surface area contributed by atoms with Crippen LogP contribution in [0.15, 0.2) is 23.0 Å². The summed E-state index contributed by atoms with van der Waals surface area (Å²) in [6.45, 7) is 0. The predicted molar refractivity (Wildman–Crippen MR) is 70.9 cm³/mol. The minimum Gasteiger partial charge on any atom is -0.478 e. The number of aromatic carboxylic acids is 1. The number of nitrogens with zero attached hydrogens (tertiary/aromatic N) is 1. The van der Waals surface area contributed by atoms with Gasteiger partial charge in [-0.1, -0.05) is 0 Å². The van der Waals surface area contributed by atoms with Crippen molar-refractivity contribution in [2.24, 2.45) is 0 Å². The molecule has 1 unspecified atom stereocenters. The van der Waals surface area contributed by atoms with Crippen LogP contribution in [0.5, 0.6) is 0 Å². The van der Waals surface area contributed by atoms with E-state index in [0.717, 1.165) is 0 Å². The van der Waals surface area contributed by atoms with Gasteiger partial charge in [0.25, 0.3) is 0 Å². The maximum Gasteiger partial charge on any atom is 0.335 e. The fourth-order valence-corrected chi connectivity index (χ4v) is 2.49. The molecule has 3 N–H and O–H groups in total. The van der Waals surface area contributed by atoms with Gasteiger partial charge in [0.2, 0.25) is 11.8 Å².